The minimum atomic E-state index is 0.0746. The molecule has 1 fully saturated rings. The highest BCUT2D eigenvalue weighted by molar-refractivity contribution is 5.02. The Hall–Kier alpha value is -0.200. The zero-order valence-corrected chi connectivity index (χ0v) is 12.3. The molecule has 0 saturated carbocycles. The van der Waals surface area contributed by atoms with E-state index in [2.05, 4.69) is 23.8 Å². The lowest BCUT2D eigenvalue weighted by atomic mass is 9.94. The quantitative estimate of drug-likeness (QED) is 0.665. The average molecular weight is 259 g/mol. The summed E-state index contributed by atoms with van der Waals surface area (Å²) in [6.07, 6.45) is 1.12. The number of nitrogens with two attached hydrogens (primary N) is 1. The van der Waals surface area contributed by atoms with Gasteiger partial charge in [-0.05, 0) is 20.4 Å². The highest BCUT2D eigenvalue weighted by Crippen LogP contribution is 2.30. The fourth-order valence-electron chi connectivity index (χ4n) is 2.89. The molecule has 18 heavy (non-hydrogen) atoms. The fourth-order valence-corrected chi connectivity index (χ4v) is 2.89. The first-order valence-corrected chi connectivity index (χ1v) is 6.73. The maximum atomic E-state index is 6.09. The van der Waals surface area contributed by atoms with Gasteiger partial charge in [0, 0.05) is 52.0 Å². The van der Waals surface area contributed by atoms with Crippen LogP contribution in [-0.2, 0) is 9.47 Å². The second-order valence-electron chi connectivity index (χ2n) is 5.37. The van der Waals surface area contributed by atoms with Crippen LogP contribution >= 0.6 is 0 Å². The molecule has 108 valence electrons. The molecule has 1 aliphatic heterocycles. The Morgan fingerprint density at radius 1 is 1.28 bits per heavy atom. The van der Waals surface area contributed by atoms with Crippen LogP contribution < -0.4 is 5.73 Å². The summed E-state index contributed by atoms with van der Waals surface area (Å²) in [5.74, 6) is 0. The van der Waals surface area contributed by atoms with Crippen LogP contribution in [-0.4, -0.2) is 82.0 Å². The SMILES string of the molecule is COCCN(CCOC)C1(CN)CC(C)N(C)C1. The summed E-state index contributed by atoms with van der Waals surface area (Å²) in [4.78, 5) is 4.83. The van der Waals surface area contributed by atoms with E-state index in [1.54, 1.807) is 14.2 Å². The fraction of sp³-hybridized carbons (Fsp3) is 1.00. The average Bonchev–Trinajstić information content (AvgIpc) is 2.66. The Labute approximate surface area is 111 Å². The first-order chi connectivity index (χ1) is 8.59. The molecule has 0 spiro atoms. The second-order valence-corrected chi connectivity index (χ2v) is 5.37. The normalized spacial score (nSPS) is 29.3. The van der Waals surface area contributed by atoms with Crippen molar-refractivity contribution in [2.45, 2.75) is 24.9 Å². The molecule has 1 aliphatic rings. The van der Waals surface area contributed by atoms with E-state index < -0.39 is 0 Å². The number of methoxy groups -OCH3 is 2. The van der Waals surface area contributed by atoms with Gasteiger partial charge in [0.2, 0.25) is 0 Å². The van der Waals surface area contributed by atoms with E-state index in [9.17, 15) is 0 Å². The van der Waals surface area contributed by atoms with Crippen LogP contribution in [0.5, 0.6) is 0 Å². The summed E-state index contributed by atoms with van der Waals surface area (Å²) in [6.45, 7) is 7.29. The van der Waals surface area contributed by atoms with Gasteiger partial charge in [0.1, 0.15) is 0 Å². The Morgan fingerprint density at radius 2 is 1.83 bits per heavy atom. The smallest absolute Gasteiger partial charge is 0.0589 e. The highest BCUT2D eigenvalue weighted by Gasteiger charge is 2.43. The minimum absolute atomic E-state index is 0.0746. The molecule has 0 aliphatic carbocycles. The summed E-state index contributed by atoms with van der Waals surface area (Å²) in [5.41, 5.74) is 6.16. The molecule has 5 nitrogen and oxygen atoms in total. The first-order valence-electron chi connectivity index (χ1n) is 6.73. The summed E-state index contributed by atoms with van der Waals surface area (Å²) in [7, 11) is 5.66. The lowest BCUT2D eigenvalue weighted by Gasteiger charge is -2.40. The summed E-state index contributed by atoms with van der Waals surface area (Å²) < 4.78 is 10.4. The summed E-state index contributed by atoms with van der Waals surface area (Å²) >= 11 is 0. The van der Waals surface area contributed by atoms with Crippen LogP contribution in [0.15, 0.2) is 0 Å². The van der Waals surface area contributed by atoms with Crippen molar-refractivity contribution in [2.75, 3.05) is 60.7 Å². The van der Waals surface area contributed by atoms with Crippen molar-refractivity contribution in [3.63, 3.8) is 0 Å². The molecule has 1 saturated heterocycles. The van der Waals surface area contributed by atoms with E-state index >= 15 is 0 Å². The molecule has 1 heterocycles. The molecule has 2 atom stereocenters. The van der Waals surface area contributed by atoms with Crippen molar-refractivity contribution in [1.82, 2.24) is 9.80 Å². The second kappa shape index (κ2) is 7.40. The lowest BCUT2D eigenvalue weighted by Crippen LogP contribution is -2.57. The molecule has 0 amide bonds. The minimum Gasteiger partial charge on any atom is -0.383 e. The molecule has 2 unspecified atom stereocenters. The lowest BCUT2D eigenvalue weighted by molar-refractivity contribution is 0.0420. The van der Waals surface area contributed by atoms with Gasteiger partial charge < -0.3 is 20.1 Å². The first kappa shape index (κ1) is 15.9. The topological polar surface area (TPSA) is 51.0 Å². The van der Waals surface area contributed by atoms with Crippen LogP contribution in [0.2, 0.25) is 0 Å². The molecule has 0 radical (unpaired) electrons. The Morgan fingerprint density at radius 3 is 2.17 bits per heavy atom. The van der Waals surface area contributed by atoms with Crippen molar-refractivity contribution < 1.29 is 9.47 Å². The van der Waals surface area contributed by atoms with Crippen LogP contribution in [0.1, 0.15) is 13.3 Å². The Kier molecular flexibility index (Phi) is 6.52. The van der Waals surface area contributed by atoms with E-state index in [0.717, 1.165) is 39.3 Å². The van der Waals surface area contributed by atoms with E-state index in [0.29, 0.717) is 12.6 Å². The molecule has 0 aromatic carbocycles. The van der Waals surface area contributed by atoms with Gasteiger partial charge in [0.25, 0.3) is 0 Å². The largest absolute Gasteiger partial charge is 0.383 e. The van der Waals surface area contributed by atoms with Gasteiger partial charge in [0.05, 0.1) is 13.2 Å². The van der Waals surface area contributed by atoms with Gasteiger partial charge in [-0.15, -0.1) is 0 Å². The third-order valence-electron chi connectivity index (χ3n) is 4.15. The van der Waals surface area contributed by atoms with Gasteiger partial charge in [-0.1, -0.05) is 0 Å². The van der Waals surface area contributed by atoms with Gasteiger partial charge in [0.15, 0.2) is 0 Å². The maximum absolute atomic E-state index is 6.09. The number of ether oxygens (including phenoxy) is 2. The number of hydrogen-bond acceptors (Lipinski definition) is 5. The van der Waals surface area contributed by atoms with Crippen molar-refractivity contribution in [3.05, 3.63) is 0 Å². The van der Waals surface area contributed by atoms with Crippen molar-refractivity contribution in [1.29, 1.82) is 0 Å². The standard InChI is InChI=1S/C13H29N3O2/c1-12-9-13(10-14,11-15(12)2)16(5-7-17-3)6-8-18-4/h12H,5-11,14H2,1-4H3. The van der Waals surface area contributed by atoms with Crippen molar-refractivity contribution >= 4 is 0 Å². The number of rotatable bonds is 8. The molecule has 0 bridgehead atoms. The zero-order chi connectivity index (χ0) is 13.6. The third kappa shape index (κ3) is 3.65. The third-order valence-corrected chi connectivity index (χ3v) is 4.15. The van der Waals surface area contributed by atoms with Crippen LogP contribution in [0.3, 0.4) is 0 Å². The van der Waals surface area contributed by atoms with Crippen molar-refractivity contribution in [3.8, 4) is 0 Å². The molecule has 0 aromatic rings. The van der Waals surface area contributed by atoms with Gasteiger partial charge >= 0.3 is 0 Å². The molecular weight excluding hydrogens is 230 g/mol. The predicted molar refractivity (Wildman–Crippen MR) is 73.8 cm³/mol. The number of hydrogen-bond donors (Lipinski definition) is 1. The molecule has 2 N–H and O–H groups in total. The maximum Gasteiger partial charge on any atom is 0.0589 e. The Bertz CT molecular complexity index is 220. The van der Waals surface area contributed by atoms with E-state index in [1.807, 2.05) is 0 Å². The van der Waals surface area contributed by atoms with Crippen LogP contribution in [0, 0.1) is 0 Å². The van der Waals surface area contributed by atoms with Crippen LogP contribution in [0.25, 0.3) is 0 Å². The number of likely N-dealkylation sites (tertiary alicyclic amines) is 1. The van der Waals surface area contributed by atoms with Crippen molar-refractivity contribution in [2.24, 2.45) is 5.73 Å². The van der Waals surface area contributed by atoms with Crippen LogP contribution in [0.4, 0.5) is 0 Å². The number of likely N-dealkylation sites (N-methyl/N-ethyl adjacent to an activating group) is 1. The van der Waals surface area contributed by atoms with Gasteiger partial charge in [-0.25, -0.2) is 0 Å². The monoisotopic (exact) mass is 259 g/mol. The zero-order valence-electron chi connectivity index (χ0n) is 12.3. The summed E-state index contributed by atoms with van der Waals surface area (Å²) in [5, 5.41) is 0. The highest BCUT2D eigenvalue weighted by atomic mass is 16.5. The van der Waals surface area contributed by atoms with E-state index in [-0.39, 0.29) is 5.54 Å². The summed E-state index contributed by atoms with van der Waals surface area (Å²) in [6, 6.07) is 0.584. The predicted octanol–water partition coefficient (Wildman–Crippen LogP) is 0.00270. The molecular formula is C13H29N3O2. The molecule has 1 rings (SSSR count). The van der Waals surface area contributed by atoms with Gasteiger partial charge in [-0.3, -0.25) is 4.90 Å². The van der Waals surface area contributed by atoms with Gasteiger partial charge in [-0.2, -0.15) is 0 Å². The molecule has 5 heteroatoms. The Balaban J connectivity index is 2.72. The number of nitrogens with zero attached hydrogens (tertiary/aromatic N) is 2. The van der Waals surface area contributed by atoms with E-state index in [1.165, 1.54) is 0 Å². The van der Waals surface area contributed by atoms with E-state index in [4.69, 9.17) is 15.2 Å². The molecule has 0 aromatic heterocycles.